The Hall–Kier alpha value is -1.00. The van der Waals surface area contributed by atoms with E-state index < -0.39 is 0 Å². The first-order valence-electron chi connectivity index (χ1n) is 7.52. The van der Waals surface area contributed by atoms with Crippen molar-refractivity contribution in [2.75, 3.05) is 24.5 Å². The molecule has 0 radical (unpaired) electrons. The monoisotopic (exact) mass is 290 g/mol. The average Bonchev–Trinajstić information content (AvgIpc) is 2.80. The molecule has 3 nitrogen and oxygen atoms in total. The Labute approximate surface area is 126 Å². The molecule has 1 aromatic carbocycles. The van der Waals surface area contributed by atoms with Crippen molar-refractivity contribution in [3.63, 3.8) is 0 Å². The van der Waals surface area contributed by atoms with Gasteiger partial charge in [-0.05, 0) is 43.6 Å². The van der Waals surface area contributed by atoms with Crippen molar-refractivity contribution in [2.45, 2.75) is 37.5 Å². The third-order valence-electron chi connectivity index (χ3n) is 4.21. The number of hydrogen-bond acceptors (Lipinski definition) is 3. The molecule has 2 saturated heterocycles. The lowest BCUT2D eigenvalue weighted by Crippen LogP contribution is -2.29. The van der Waals surface area contributed by atoms with E-state index in [2.05, 4.69) is 41.8 Å². The summed E-state index contributed by atoms with van der Waals surface area (Å²) in [6, 6.07) is 8.46. The van der Waals surface area contributed by atoms with Crippen molar-refractivity contribution in [3.8, 4) is 0 Å². The fourth-order valence-electron chi connectivity index (χ4n) is 3.10. The summed E-state index contributed by atoms with van der Waals surface area (Å²) in [4.78, 5) is 16.2. The summed E-state index contributed by atoms with van der Waals surface area (Å²) in [6.45, 7) is 4.19. The molecule has 1 atom stereocenters. The molecule has 0 bridgehead atoms. The van der Waals surface area contributed by atoms with Crippen molar-refractivity contribution in [1.82, 2.24) is 4.90 Å². The highest BCUT2D eigenvalue weighted by Gasteiger charge is 2.28. The van der Waals surface area contributed by atoms with Gasteiger partial charge in [0.15, 0.2) is 0 Å². The Morgan fingerprint density at radius 3 is 2.40 bits per heavy atom. The molecule has 0 spiro atoms. The van der Waals surface area contributed by atoms with Gasteiger partial charge >= 0.3 is 0 Å². The van der Waals surface area contributed by atoms with E-state index in [4.69, 9.17) is 0 Å². The molecule has 1 amide bonds. The van der Waals surface area contributed by atoms with E-state index in [-0.39, 0.29) is 11.2 Å². The largest absolute Gasteiger partial charge is 0.311 e. The number of amides is 1. The van der Waals surface area contributed by atoms with Gasteiger partial charge in [0, 0.05) is 30.4 Å². The minimum absolute atomic E-state index is 0.176. The van der Waals surface area contributed by atoms with E-state index in [1.54, 1.807) is 0 Å². The van der Waals surface area contributed by atoms with Crippen molar-refractivity contribution in [2.24, 2.45) is 0 Å². The zero-order chi connectivity index (χ0) is 13.9. The molecule has 3 rings (SSSR count). The third kappa shape index (κ3) is 3.18. The molecule has 2 aliphatic heterocycles. The molecule has 0 aliphatic carbocycles. The smallest absolute Gasteiger partial charge is 0.228 e. The van der Waals surface area contributed by atoms with E-state index in [1.165, 1.54) is 37.9 Å². The van der Waals surface area contributed by atoms with Gasteiger partial charge in [0.1, 0.15) is 0 Å². The number of piperidine rings is 1. The summed E-state index contributed by atoms with van der Waals surface area (Å²) in [5, 5.41) is 0.176. The Balaban J connectivity index is 1.63. The van der Waals surface area contributed by atoms with Crippen molar-refractivity contribution >= 4 is 24.2 Å². The molecule has 2 fully saturated rings. The van der Waals surface area contributed by atoms with Crippen LogP contribution in [-0.4, -0.2) is 35.7 Å². The predicted molar refractivity (Wildman–Crippen MR) is 85.3 cm³/mol. The standard InChI is InChI=1S/C16H22N2OS/c19-16-10-15(20)12-18(16)14-6-4-13(5-7-14)11-17-8-2-1-3-9-17/h4-7,15,20H,1-3,8-12H2. The predicted octanol–water partition coefficient (Wildman–Crippen LogP) is 2.71. The highest BCUT2D eigenvalue weighted by Crippen LogP contribution is 2.24. The van der Waals surface area contributed by atoms with Crippen LogP contribution in [0.15, 0.2) is 24.3 Å². The fourth-order valence-corrected chi connectivity index (χ4v) is 3.41. The number of hydrogen-bond donors (Lipinski definition) is 1. The molecule has 2 aliphatic rings. The highest BCUT2D eigenvalue weighted by molar-refractivity contribution is 7.81. The second-order valence-electron chi connectivity index (χ2n) is 5.87. The van der Waals surface area contributed by atoms with Crippen molar-refractivity contribution in [1.29, 1.82) is 0 Å². The first-order chi connectivity index (χ1) is 9.72. The summed E-state index contributed by atoms with van der Waals surface area (Å²) < 4.78 is 0. The lowest BCUT2D eigenvalue weighted by Gasteiger charge is -2.26. The maximum atomic E-state index is 11.9. The van der Waals surface area contributed by atoms with Crippen LogP contribution in [0.25, 0.3) is 0 Å². The number of benzene rings is 1. The molecule has 108 valence electrons. The second-order valence-corrected chi connectivity index (χ2v) is 6.60. The maximum absolute atomic E-state index is 11.9. The zero-order valence-electron chi connectivity index (χ0n) is 11.8. The summed E-state index contributed by atoms with van der Waals surface area (Å²) >= 11 is 4.40. The zero-order valence-corrected chi connectivity index (χ0v) is 12.7. The van der Waals surface area contributed by atoms with Gasteiger partial charge in [0.25, 0.3) is 0 Å². The van der Waals surface area contributed by atoms with Crippen molar-refractivity contribution in [3.05, 3.63) is 29.8 Å². The molecule has 0 aromatic heterocycles. The van der Waals surface area contributed by atoms with Gasteiger partial charge in [-0.15, -0.1) is 0 Å². The molecule has 0 N–H and O–H groups in total. The van der Waals surface area contributed by atoms with Gasteiger partial charge < -0.3 is 4.90 Å². The van der Waals surface area contributed by atoms with E-state index in [0.29, 0.717) is 6.42 Å². The highest BCUT2D eigenvalue weighted by atomic mass is 32.1. The average molecular weight is 290 g/mol. The molecule has 20 heavy (non-hydrogen) atoms. The van der Waals surface area contributed by atoms with Gasteiger partial charge in [0.2, 0.25) is 5.91 Å². The van der Waals surface area contributed by atoms with Crippen molar-refractivity contribution < 1.29 is 4.79 Å². The first-order valence-corrected chi connectivity index (χ1v) is 8.04. The number of rotatable bonds is 3. The van der Waals surface area contributed by atoms with E-state index in [1.807, 2.05) is 4.90 Å². The Morgan fingerprint density at radius 2 is 1.80 bits per heavy atom. The van der Waals surface area contributed by atoms with Gasteiger partial charge in [0.05, 0.1) is 0 Å². The van der Waals surface area contributed by atoms with Gasteiger partial charge in [-0.2, -0.15) is 12.6 Å². The number of likely N-dealkylation sites (tertiary alicyclic amines) is 1. The summed E-state index contributed by atoms with van der Waals surface area (Å²) in [6.07, 6.45) is 4.57. The quantitative estimate of drug-likeness (QED) is 0.865. The summed E-state index contributed by atoms with van der Waals surface area (Å²) in [5.41, 5.74) is 2.35. The van der Waals surface area contributed by atoms with E-state index >= 15 is 0 Å². The Morgan fingerprint density at radius 1 is 1.10 bits per heavy atom. The van der Waals surface area contributed by atoms with Crippen LogP contribution in [0.2, 0.25) is 0 Å². The second kappa shape index (κ2) is 6.19. The maximum Gasteiger partial charge on any atom is 0.228 e. The number of carbonyl (C=O) groups excluding carboxylic acids is 1. The van der Waals surface area contributed by atoms with Crippen LogP contribution >= 0.6 is 12.6 Å². The van der Waals surface area contributed by atoms with E-state index in [0.717, 1.165) is 18.8 Å². The van der Waals surface area contributed by atoms with Crippen LogP contribution in [0, 0.1) is 0 Å². The SMILES string of the molecule is O=C1CC(S)CN1c1ccc(CN2CCCCC2)cc1. The molecule has 4 heteroatoms. The number of carbonyl (C=O) groups is 1. The lowest BCUT2D eigenvalue weighted by atomic mass is 10.1. The van der Waals surface area contributed by atoms with Crippen LogP contribution in [0.5, 0.6) is 0 Å². The van der Waals surface area contributed by atoms with Gasteiger partial charge in [-0.25, -0.2) is 0 Å². The van der Waals surface area contributed by atoms with Crippen LogP contribution in [-0.2, 0) is 11.3 Å². The van der Waals surface area contributed by atoms with Gasteiger partial charge in [-0.1, -0.05) is 18.6 Å². The lowest BCUT2D eigenvalue weighted by molar-refractivity contribution is -0.117. The van der Waals surface area contributed by atoms with Crippen LogP contribution in [0.1, 0.15) is 31.2 Å². The number of anilines is 1. The molecule has 0 saturated carbocycles. The van der Waals surface area contributed by atoms with Crippen LogP contribution in [0.3, 0.4) is 0 Å². The normalized spacial score (nSPS) is 24.4. The molecule has 1 aromatic rings. The van der Waals surface area contributed by atoms with E-state index in [9.17, 15) is 4.79 Å². The third-order valence-corrected chi connectivity index (χ3v) is 4.55. The molecular formula is C16H22N2OS. The number of nitrogens with zero attached hydrogens (tertiary/aromatic N) is 2. The number of thiol groups is 1. The van der Waals surface area contributed by atoms with Crippen LogP contribution in [0.4, 0.5) is 5.69 Å². The molecule has 1 unspecified atom stereocenters. The first kappa shape index (κ1) is 14.0. The minimum Gasteiger partial charge on any atom is -0.311 e. The van der Waals surface area contributed by atoms with Gasteiger partial charge in [-0.3, -0.25) is 9.69 Å². The minimum atomic E-state index is 0.176. The van der Waals surface area contributed by atoms with Crippen LogP contribution < -0.4 is 4.90 Å². The Bertz CT molecular complexity index is 468. The summed E-state index contributed by atoms with van der Waals surface area (Å²) in [7, 11) is 0. The topological polar surface area (TPSA) is 23.6 Å². The molecular weight excluding hydrogens is 268 g/mol. The fraction of sp³-hybridized carbons (Fsp3) is 0.562. The summed E-state index contributed by atoms with van der Waals surface area (Å²) in [5.74, 6) is 0.189. The Kier molecular flexibility index (Phi) is 4.32. The molecule has 2 heterocycles.